The summed E-state index contributed by atoms with van der Waals surface area (Å²) in [5.74, 6) is -0.777. The van der Waals surface area contributed by atoms with Gasteiger partial charge >= 0.3 is 0 Å². The van der Waals surface area contributed by atoms with Gasteiger partial charge in [-0.1, -0.05) is 53.5 Å². The van der Waals surface area contributed by atoms with E-state index in [9.17, 15) is 19.7 Å². The number of benzene rings is 3. The fourth-order valence-corrected chi connectivity index (χ4v) is 3.95. The van der Waals surface area contributed by atoms with Crippen LogP contribution in [-0.4, -0.2) is 21.9 Å². The molecule has 0 saturated carbocycles. The van der Waals surface area contributed by atoms with E-state index < -0.39 is 16.7 Å². The molecule has 0 aliphatic carbocycles. The Kier molecular flexibility index (Phi) is 7.11. The van der Waals surface area contributed by atoms with Crippen LogP contribution in [0, 0.1) is 10.1 Å². The monoisotopic (exact) mass is 527 g/mol. The second-order valence-corrected chi connectivity index (χ2v) is 8.49. The molecule has 2 amide bonds. The number of hydrogen-bond donors (Lipinski definition) is 1. The van der Waals surface area contributed by atoms with Crippen molar-refractivity contribution in [3.8, 4) is 5.75 Å². The van der Waals surface area contributed by atoms with Crippen LogP contribution in [0.4, 0.5) is 11.4 Å². The Morgan fingerprint density at radius 1 is 1.06 bits per heavy atom. The molecule has 0 atom stereocenters. The van der Waals surface area contributed by atoms with Crippen molar-refractivity contribution in [3.63, 3.8) is 0 Å². The minimum atomic E-state index is -0.645. The molecule has 3 aromatic rings. The average Bonchev–Trinajstić information content (AvgIpc) is 2.84. The van der Waals surface area contributed by atoms with Gasteiger partial charge in [-0.05, 0) is 53.7 Å². The van der Waals surface area contributed by atoms with E-state index in [-0.39, 0.29) is 38.7 Å². The number of amides is 2. The number of halogens is 2. The zero-order valence-corrected chi connectivity index (χ0v) is 20.1. The zero-order chi connectivity index (χ0) is 25.1. The van der Waals surface area contributed by atoms with Gasteiger partial charge in [0.25, 0.3) is 17.5 Å². The molecule has 0 unspecified atom stereocenters. The molecule has 3 aromatic carbocycles. The summed E-state index contributed by atoms with van der Waals surface area (Å²) in [7, 11) is 0. The summed E-state index contributed by atoms with van der Waals surface area (Å²) in [4.78, 5) is 37.2. The number of anilines is 1. The van der Waals surface area contributed by atoms with E-state index in [1.54, 1.807) is 54.6 Å². The number of rotatable bonds is 6. The summed E-state index contributed by atoms with van der Waals surface area (Å²) >= 11 is 17.5. The minimum Gasteiger partial charge on any atom is -0.489 e. The molecule has 1 fully saturated rings. The van der Waals surface area contributed by atoms with Gasteiger partial charge in [-0.25, -0.2) is 0 Å². The number of ether oxygens (including phenoxy) is 1. The first-order valence-electron chi connectivity index (χ1n) is 10.1. The number of nitrogens with zero attached hydrogens (tertiary/aromatic N) is 2. The second-order valence-electron chi connectivity index (χ2n) is 7.32. The highest BCUT2D eigenvalue weighted by atomic mass is 35.5. The largest absolute Gasteiger partial charge is 0.489 e. The van der Waals surface area contributed by atoms with E-state index in [2.05, 4.69) is 5.32 Å². The van der Waals surface area contributed by atoms with E-state index in [4.69, 9.17) is 40.2 Å². The summed E-state index contributed by atoms with van der Waals surface area (Å²) in [5, 5.41) is 13.7. The Hall–Kier alpha value is -3.79. The van der Waals surface area contributed by atoms with Crippen molar-refractivity contribution in [2.75, 3.05) is 4.90 Å². The summed E-state index contributed by atoms with van der Waals surface area (Å²) in [6, 6.07) is 17.6. The quantitative estimate of drug-likeness (QED) is 0.153. The van der Waals surface area contributed by atoms with E-state index in [1.807, 2.05) is 0 Å². The topological polar surface area (TPSA) is 102 Å². The molecule has 1 saturated heterocycles. The Balaban J connectivity index is 1.52. The molecule has 8 nitrogen and oxygen atoms in total. The Bertz CT molecular complexity index is 1390. The standard InChI is InChI=1S/C24H15Cl2N3O5S/c25-19-5-2-6-20(21(19)26)28-23(31)18(22(30)27-24(28)35)12-14-7-9-17(10-8-14)34-13-15-3-1-4-16(11-15)29(32)33/h1-12H,13H2,(H,27,30,35)/b18-12+. The van der Waals surface area contributed by atoms with Crippen LogP contribution >= 0.6 is 35.4 Å². The van der Waals surface area contributed by atoms with Gasteiger partial charge in [-0.3, -0.25) is 29.9 Å². The molecule has 0 spiro atoms. The third kappa shape index (κ3) is 5.32. The van der Waals surface area contributed by atoms with Crippen molar-refractivity contribution >= 4 is 69.8 Å². The van der Waals surface area contributed by atoms with Crippen LogP contribution in [0.3, 0.4) is 0 Å². The highest BCUT2D eigenvalue weighted by Gasteiger charge is 2.35. The average molecular weight is 528 g/mol. The van der Waals surface area contributed by atoms with Crippen LogP contribution < -0.4 is 15.0 Å². The Morgan fingerprint density at radius 3 is 2.49 bits per heavy atom. The van der Waals surface area contributed by atoms with E-state index in [0.29, 0.717) is 16.9 Å². The van der Waals surface area contributed by atoms with Crippen molar-refractivity contribution in [2.45, 2.75) is 6.61 Å². The smallest absolute Gasteiger partial charge is 0.270 e. The predicted octanol–water partition coefficient (Wildman–Crippen LogP) is 5.31. The lowest BCUT2D eigenvalue weighted by Gasteiger charge is -2.29. The van der Waals surface area contributed by atoms with Gasteiger partial charge in [-0.15, -0.1) is 0 Å². The van der Waals surface area contributed by atoms with Crippen LogP contribution in [0.1, 0.15) is 11.1 Å². The molecule has 1 N–H and O–H groups in total. The van der Waals surface area contributed by atoms with Crippen LogP contribution in [0.25, 0.3) is 6.08 Å². The third-order valence-electron chi connectivity index (χ3n) is 4.99. The lowest BCUT2D eigenvalue weighted by atomic mass is 10.1. The third-order valence-corrected chi connectivity index (χ3v) is 6.09. The van der Waals surface area contributed by atoms with Crippen LogP contribution in [0.2, 0.25) is 10.0 Å². The molecule has 0 radical (unpaired) electrons. The van der Waals surface area contributed by atoms with E-state index in [0.717, 1.165) is 4.90 Å². The van der Waals surface area contributed by atoms with Crippen molar-refractivity contribution in [1.29, 1.82) is 0 Å². The van der Waals surface area contributed by atoms with Crippen LogP contribution in [0.5, 0.6) is 5.75 Å². The molecule has 0 bridgehead atoms. The van der Waals surface area contributed by atoms with Gasteiger partial charge in [0.15, 0.2) is 5.11 Å². The van der Waals surface area contributed by atoms with Gasteiger partial charge in [0.1, 0.15) is 17.9 Å². The minimum absolute atomic E-state index is 0.0175. The molecular formula is C24H15Cl2N3O5S. The van der Waals surface area contributed by atoms with E-state index >= 15 is 0 Å². The molecule has 35 heavy (non-hydrogen) atoms. The fraction of sp³-hybridized carbons (Fsp3) is 0.0417. The Morgan fingerprint density at radius 2 is 1.77 bits per heavy atom. The maximum atomic E-state index is 13.2. The first-order chi connectivity index (χ1) is 16.7. The van der Waals surface area contributed by atoms with Crippen molar-refractivity contribution in [1.82, 2.24) is 5.32 Å². The first kappa shape index (κ1) is 24.3. The van der Waals surface area contributed by atoms with Crippen LogP contribution in [0.15, 0.2) is 72.3 Å². The normalized spacial score (nSPS) is 14.7. The van der Waals surface area contributed by atoms with Crippen molar-refractivity contribution in [3.05, 3.63) is 104 Å². The predicted molar refractivity (Wildman–Crippen MR) is 137 cm³/mol. The van der Waals surface area contributed by atoms with E-state index in [1.165, 1.54) is 18.2 Å². The maximum Gasteiger partial charge on any atom is 0.270 e. The molecular weight excluding hydrogens is 513 g/mol. The molecule has 4 rings (SSSR count). The highest BCUT2D eigenvalue weighted by molar-refractivity contribution is 7.80. The van der Waals surface area contributed by atoms with Gasteiger partial charge in [0.2, 0.25) is 0 Å². The maximum absolute atomic E-state index is 13.2. The number of nitro groups is 1. The molecule has 1 heterocycles. The fourth-order valence-electron chi connectivity index (χ4n) is 3.29. The lowest BCUT2D eigenvalue weighted by Crippen LogP contribution is -2.54. The van der Waals surface area contributed by atoms with Crippen LogP contribution in [-0.2, 0) is 16.2 Å². The summed E-state index contributed by atoms with van der Waals surface area (Å²) < 4.78 is 5.69. The van der Waals surface area contributed by atoms with Crippen molar-refractivity contribution in [2.24, 2.45) is 0 Å². The van der Waals surface area contributed by atoms with Gasteiger partial charge in [-0.2, -0.15) is 0 Å². The highest BCUT2D eigenvalue weighted by Crippen LogP contribution is 2.34. The second kappa shape index (κ2) is 10.2. The Labute approximate surface area is 214 Å². The SMILES string of the molecule is O=C1NC(=S)N(c2cccc(Cl)c2Cl)C(=O)/C1=C/c1ccc(OCc2cccc([N+](=O)[O-])c2)cc1. The number of nitro benzene ring substituents is 1. The number of carbonyl (C=O) groups excluding carboxylic acids is 2. The molecule has 176 valence electrons. The van der Waals surface area contributed by atoms with Crippen molar-refractivity contribution < 1.29 is 19.2 Å². The van der Waals surface area contributed by atoms with Gasteiger partial charge in [0.05, 0.1) is 20.7 Å². The first-order valence-corrected chi connectivity index (χ1v) is 11.2. The number of non-ortho nitro benzene ring substituents is 1. The summed E-state index contributed by atoms with van der Waals surface area (Å²) in [6.45, 7) is 0.135. The van der Waals surface area contributed by atoms with Gasteiger partial charge < -0.3 is 4.74 Å². The lowest BCUT2D eigenvalue weighted by molar-refractivity contribution is -0.384. The van der Waals surface area contributed by atoms with Gasteiger partial charge in [0, 0.05) is 12.1 Å². The molecule has 1 aliphatic rings. The summed E-state index contributed by atoms with van der Waals surface area (Å²) in [5.41, 5.74) is 1.31. The number of nitrogens with one attached hydrogen (secondary N) is 1. The molecule has 11 heteroatoms. The summed E-state index contributed by atoms with van der Waals surface area (Å²) in [6.07, 6.45) is 1.43. The zero-order valence-electron chi connectivity index (χ0n) is 17.7. The molecule has 0 aromatic heterocycles. The number of carbonyl (C=O) groups is 2. The number of thiocarbonyl (C=S) groups is 1. The number of hydrogen-bond acceptors (Lipinski definition) is 6. The molecule has 1 aliphatic heterocycles.